The number of aromatic nitrogens is 3. The van der Waals surface area contributed by atoms with Crippen LogP contribution < -0.4 is 5.32 Å². The summed E-state index contributed by atoms with van der Waals surface area (Å²) in [4.78, 5) is 17.6. The predicted octanol–water partition coefficient (Wildman–Crippen LogP) is 2.74. The summed E-state index contributed by atoms with van der Waals surface area (Å²) in [6, 6.07) is 3.47. The van der Waals surface area contributed by atoms with Crippen molar-refractivity contribution in [1.82, 2.24) is 20.1 Å². The normalized spacial score (nSPS) is 10.4. The van der Waals surface area contributed by atoms with E-state index in [0.29, 0.717) is 12.4 Å². The monoisotopic (exact) mass is 293 g/mol. The third kappa shape index (κ3) is 3.27. The highest BCUT2D eigenvalue weighted by atomic mass is 35.5. The maximum Gasteiger partial charge on any atom is 0.321 e. The SMILES string of the molecule is Cc1cc(NC(=O)N(C)Cc2ncn[nH]2)cc(C)c1Cl. The predicted molar refractivity (Wildman–Crippen MR) is 77.8 cm³/mol. The molecule has 0 spiro atoms. The van der Waals surface area contributed by atoms with E-state index in [9.17, 15) is 4.79 Å². The van der Waals surface area contributed by atoms with Gasteiger partial charge in [0.05, 0.1) is 6.54 Å². The van der Waals surface area contributed by atoms with Gasteiger partial charge in [0.1, 0.15) is 12.2 Å². The summed E-state index contributed by atoms with van der Waals surface area (Å²) >= 11 is 6.10. The molecule has 0 aliphatic carbocycles. The number of urea groups is 1. The molecule has 0 atom stereocenters. The third-order valence-corrected chi connectivity index (χ3v) is 3.48. The van der Waals surface area contributed by atoms with Crippen LogP contribution in [0.15, 0.2) is 18.5 Å². The highest BCUT2D eigenvalue weighted by Crippen LogP contribution is 2.24. The van der Waals surface area contributed by atoms with Crippen LogP contribution in [0.1, 0.15) is 17.0 Å². The van der Waals surface area contributed by atoms with Crippen molar-refractivity contribution >= 4 is 23.3 Å². The lowest BCUT2D eigenvalue weighted by atomic mass is 10.1. The van der Waals surface area contributed by atoms with E-state index in [1.165, 1.54) is 11.2 Å². The average molecular weight is 294 g/mol. The van der Waals surface area contributed by atoms with Gasteiger partial charge in [0.2, 0.25) is 0 Å². The van der Waals surface area contributed by atoms with Crippen LogP contribution in [-0.2, 0) is 6.54 Å². The lowest BCUT2D eigenvalue weighted by Gasteiger charge is -2.17. The average Bonchev–Trinajstić information content (AvgIpc) is 2.88. The van der Waals surface area contributed by atoms with Crippen molar-refractivity contribution in [2.75, 3.05) is 12.4 Å². The number of carbonyl (C=O) groups is 1. The summed E-state index contributed by atoms with van der Waals surface area (Å²) in [5, 5.41) is 10.0. The van der Waals surface area contributed by atoms with Gasteiger partial charge in [-0.3, -0.25) is 5.10 Å². The Labute approximate surface area is 122 Å². The Morgan fingerprint density at radius 1 is 1.40 bits per heavy atom. The number of benzene rings is 1. The van der Waals surface area contributed by atoms with Crippen LogP contribution in [0, 0.1) is 13.8 Å². The van der Waals surface area contributed by atoms with Gasteiger partial charge in [0.15, 0.2) is 0 Å². The number of nitrogens with zero attached hydrogens (tertiary/aromatic N) is 3. The second kappa shape index (κ2) is 5.92. The van der Waals surface area contributed by atoms with Crippen molar-refractivity contribution in [3.8, 4) is 0 Å². The van der Waals surface area contributed by atoms with Gasteiger partial charge >= 0.3 is 6.03 Å². The van der Waals surface area contributed by atoms with Crippen LogP contribution in [0.5, 0.6) is 0 Å². The number of nitrogens with one attached hydrogen (secondary N) is 2. The Bertz CT molecular complexity index is 588. The molecule has 2 N–H and O–H groups in total. The number of aromatic amines is 1. The molecule has 0 bridgehead atoms. The quantitative estimate of drug-likeness (QED) is 0.914. The fraction of sp³-hybridized carbons (Fsp3) is 0.308. The van der Waals surface area contributed by atoms with Crippen LogP contribution >= 0.6 is 11.6 Å². The second-order valence-corrected chi connectivity index (χ2v) is 5.02. The standard InChI is InChI=1S/C13H16ClN5O/c1-8-4-10(5-9(2)12(8)14)17-13(20)19(3)6-11-15-7-16-18-11/h4-5,7H,6H2,1-3H3,(H,17,20)(H,15,16,18). The molecule has 1 aromatic carbocycles. The Morgan fingerprint density at radius 2 is 2.05 bits per heavy atom. The molecule has 2 rings (SSSR count). The van der Waals surface area contributed by atoms with Gasteiger partial charge in [-0.05, 0) is 37.1 Å². The smallest absolute Gasteiger partial charge is 0.320 e. The van der Waals surface area contributed by atoms with E-state index in [1.807, 2.05) is 26.0 Å². The minimum atomic E-state index is -0.220. The number of halogens is 1. The lowest BCUT2D eigenvalue weighted by molar-refractivity contribution is 0.219. The van der Waals surface area contributed by atoms with Crippen LogP contribution in [0.4, 0.5) is 10.5 Å². The first-order chi connectivity index (χ1) is 9.47. The first-order valence-electron chi connectivity index (χ1n) is 6.10. The molecular formula is C13H16ClN5O. The molecule has 0 saturated carbocycles. The van der Waals surface area contributed by atoms with Crippen molar-refractivity contribution < 1.29 is 4.79 Å². The molecule has 1 aromatic heterocycles. The summed E-state index contributed by atoms with van der Waals surface area (Å²) in [5.41, 5.74) is 2.58. The van der Waals surface area contributed by atoms with Crippen molar-refractivity contribution in [2.24, 2.45) is 0 Å². The number of carbonyl (C=O) groups excluding carboxylic acids is 1. The van der Waals surface area contributed by atoms with E-state index < -0.39 is 0 Å². The van der Waals surface area contributed by atoms with Crippen molar-refractivity contribution in [3.05, 3.63) is 40.4 Å². The van der Waals surface area contributed by atoms with Crippen LogP contribution in [-0.4, -0.2) is 33.2 Å². The number of hydrogen-bond acceptors (Lipinski definition) is 3. The summed E-state index contributed by atoms with van der Waals surface area (Å²) < 4.78 is 0. The molecule has 2 amide bonds. The molecule has 1 heterocycles. The van der Waals surface area contributed by atoms with E-state index in [-0.39, 0.29) is 6.03 Å². The molecule has 6 nitrogen and oxygen atoms in total. The molecule has 20 heavy (non-hydrogen) atoms. The van der Waals surface area contributed by atoms with Gasteiger partial charge in [0.25, 0.3) is 0 Å². The Morgan fingerprint density at radius 3 is 2.60 bits per heavy atom. The number of anilines is 1. The first kappa shape index (κ1) is 14.3. The number of rotatable bonds is 3. The minimum Gasteiger partial charge on any atom is -0.320 e. The number of hydrogen-bond donors (Lipinski definition) is 2. The summed E-state index contributed by atoms with van der Waals surface area (Å²) in [6.07, 6.45) is 1.41. The highest BCUT2D eigenvalue weighted by Gasteiger charge is 2.12. The number of H-pyrrole nitrogens is 1. The maximum absolute atomic E-state index is 12.1. The number of amides is 2. The summed E-state index contributed by atoms with van der Waals surface area (Å²) in [6.45, 7) is 4.17. The molecule has 0 aliphatic heterocycles. The van der Waals surface area contributed by atoms with E-state index in [2.05, 4.69) is 20.5 Å². The molecule has 106 valence electrons. The molecule has 7 heteroatoms. The fourth-order valence-electron chi connectivity index (χ4n) is 1.84. The number of aryl methyl sites for hydroxylation is 2. The second-order valence-electron chi connectivity index (χ2n) is 4.64. The molecule has 0 fully saturated rings. The highest BCUT2D eigenvalue weighted by molar-refractivity contribution is 6.32. The Hall–Kier alpha value is -2.08. The van der Waals surface area contributed by atoms with Crippen LogP contribution in [0.2, 0.25) is 5.02 Å². The largest absolute Gasteiger partial charge is 0.321 e. The van der Waals surface area contributed by atoms with Gasteiger partial charge in [-0.15, -0.1) is 0 Å². The van der Waals surface area contributed by atoms with Gasteiger partial charge in [-0.25, -0.2) is 9.78 Å². The summed E-state index contributed by atoms with van der Waals surface area (Å²) in [7, 11) is 1.69. The molecular weight excluding hydrogens is 278 g/mol. The van der Waals surface area contributed by atoms with E-state index in [1.54, 1.807) is 7.05 Å². The summed E-state index contributed by atoms with van der Waals surface area (Å²) in [5.74, 6) is 0.631. The zero-order valence-corrected chi connectivity index (χ0v) is 12.3. The molecule has 2 aromatic rings. The van der Waals surface area contributed by atoms with Crippen LogP contribution in [0.25, 0.3) is 0 Å². The van der Waals surface area contributed by atoms with Gasteiger partial charge in [-0.2, -0.15) is 5.10 Å². The molecule has 0 radical (unpaired) electrons. The Kier molecular flexibility index (Phi) is 4.24. The lowest BCUT2D eigenvalue weighted by Crippen LogP contribution is -2.31. The van der Waals surface area contributed by atoms with Crippen molar-refractivity contribution in [2.45, 2.75) is 20.4 Å². The molecule has 0 saturated heterocycles. The third-order valence-electron chi connectivity index (χ3n) is 2.89. The van der Waals surface area contributed by atoms with Crippen LogP contribution in [0.3, 0.4) is 0 Å². The zero-order valence-electron chi connectivity index (χ0n) is 11.6. The van der Waals surface area contributed by atoms with E-state index in [0.717, 1.165) is 21.8 Å². The van der Waals surface area contributed by atoms with E-state index >= 15 is 0 Å². The van der Waals surface area contributed by atoms with Crippen molar-refractivity contribution in [3.63, 3.8) is 0 Å². The Balaban J connectivity index is 2.04. The topological polar surface area (TPSA) is 73.9 Å². The van der Waals surface area contributed by atoms with Gasteiger partial charge in [0, 0.05) is 17.8 Å². The van der Waals surface area contributed by atoms with Gasteiger partial charge in [-0.1, -0.05) is 11.6 Å². The molecule has 0 aliphatic rings. The molecule has 0 unspecified atom stereocenters. The fourth-order valence-corrected chi connectivity index (χ4v) is 1.95. The maximum atomic E-state index is 12.1. The van der Waals surface area contributed by atoms with Gasteiger partial charge < -0.3 is 10.2 Å². The van der Waals surface area contributed by atoms with E-state index in [4.69, 9.17) is 11.6 Å². The zero-order chi connectivity index (χ0) is 14.7. The first-order valence-corrected chi connectivity index (χ1v) is 6.48. The minimum absolute atomic E-state index is 0.220. The van der Waals surface area contributed by atoms with Crippen molar-refractivity contribution in [1.29, 1.82) is 0 Å².